The van der Waals surface area contributed by atoms with Crippen molar-refractivity contribution in [3.63, 3.8) is 0 Å². The van der Waals surface area contributed by atoms with Gasteiger partial charge >= 0.3 is 0 Å². The predicted octanol–water partition coefficient (Wildman–Crippen LogP) is 2.11. The summed E-state index contributed by atoms with van der Waals surface area (Å²) in [6, 6.07) is 16.7. The number of carbonyl (C=O) groups is 2. The van der Waals surface area contributed by atoms with Gasteiger partial charge in [0.05, 0.1) is 0 Å². The molecule has 4 heteroatoms. The third-order valence-electron chi connectivity index (χ3n) is 3.14. The summed E-state index contributed by atoms with van der Waals surface area (Å²) in [5.41, 5.74) is 1.12. The number of rotatable bonds is 5. The van der Waals surface area contributed by atoms with Crippen LogP contribution < -0.4 is 5.32 Å². The van der Waals surface area contributed by atoms with Crippen molar-refractivity contribution in [2.45, 2.75) is 19.1 Å². The number of hydrogen-bond donors (Lipinski definition) is 2. The number of ketones is 1. The fraction of sp³-hybridized carbons (Fsp3) is 0.176. The number of amides is 1. The van der Waals surface area contributed by atoms with Gasteiger partial charge in [-0.3, -0.25) is 9.59 Å². The number of carbonyl (C=O) groups excluding carboxylic acids is 2. The van der Waals surface area contributed by atoms with E-state index in [9.17, 15) is 14.7 Å². The van der Waals surface area contributed by atoms with Gasteiger partial charge in [0.2, 0.25) is 0 Å². The minimum absolute atomic E-state index is 0.349. The van der Waals surface area contributed by atoms with Gasteiger partial charge < -0.3 is 10.4 Å². The molecule has 0 aliphatic carbocycles. The Kier molecular flexibility index (Phi) is 4.85. The number of aliphatic hydroxyl groups excluding tert-OH is 1. The van der Waals surface area contributed by atoms with Gasteiger partial charge in [-0.15, -0.1) is 0 Å². The Morgan fingerprint density at radius 1 is 0.952 bits per heavy atom. The van der Waals surface area contributed by atoms with E-state index in [0.29, 0.717) is 11.1 Å². The van der Waals surface area contributed by atoms with Crippen molar-refractivity contribution in [2.75, 3.05) is 0 Å². The Morgan fingerprint density at radius 2 is 1.48 bits per heavy atom. The number of benzene rings is 2. The summed E-state index contributed by atoms with van der Waals surface area (Å²) in [7, 11) is 0. The normalized spacial score (nSPS) is 13.2. The van der Waals surface area contributed by atoms with Crippen LogP contribution in [0.25, 0.3) is 0 Å². The van der Waals surface area contributed by atoms with E-state index in [-0.39, 0.29) is 5.91 Å². The standard InChI is InChI=1S/C17H17NO3/c1-12(19)16(20)15(13-8-4-2-5-9-13)18-17(21)14-10-6-3-7-11-14/h2-12,15,19H,1H3,(H,18,21). The molecule has 2 rings (SSSR count). The van der Waals surface area contributed by atoms with Gasteiger partial charge in [0.15, 0.2) is 5.78 Å². The summed E-state index contributed by atoms with van der Waals surface area (Å²) in [6.07, 6.45) is -1.15. The number of Topliss-reactive ketones (excluding diaryl/α,β-unsaturated/α-hetero) is 1. The molecule has 0 saturated carbocycles. The summed E-state index contributed by atoms with van der Waals surface area (Å²) in [4.78, 5) is 24.4. The van der Waals surface area contributed by atoms with Crippen LogP contribution in [0, 0.1) is 0 Å². The highest BCUT2D eigenvalue weighted by atomic mass is 16.3. The van der Waals surface area contributed by atoms with Crippen LogP contribution in [0.2, 0.25) is 0 Å². The van der Waals surface area contributed by atoms with E-state index in [1.165, 1.54) is 6.92 Å². The number of aliphatic hydroxyl groups is 1. The molecule has 0 spiro atoms. The SMILES string of the molecule is CC(O)C(=O)C(NC(=O)c1ccccc1)c1ccccc1. The molecule has 0 aliphatic heterocycles. The number of nitrogens with one attached hydrogen (secondary N) is 1. The van der Waals surface area contributed by atoms with Gasteiger partial charge in [-0.1, -0.05) is 48.5 Å². The van der Waals surface area contributed by atoms with E-state index < -0.39 is 17.9 Å². The Morgan fingerprint density at radius 3 is 2.00 bits per heavy atom. The van der Waals surface area contributed by atoms with Crippen LogP contribution >= 0.6 is 0 Å². The molecule has 0 radical (unpaired) electrons. The maximum absolute atomic E-state index is 12.2. The molecule has 0 bridgehead atoms. The highest BCUT2D eigenvalue weighted by molar-refractivity contribution is 5.99. The Labute approximate surface area is 123 Å². The van der Waals surface area contributed by atoms with Gasteiger partial charge in [-0.2, -0.15) is 0 Å². The first-order chi connectivity index (χ1) is 10.1. The van der Waals surface area contributed by atoms with E-state index in [1.54, 1.807) is 48.5 Å². The Hall–Kier alpha value is -2.46. The second-order valence-electron chi connectivity index (χ2n) is 4.76. The topological polar surface area (TPSA) is 66.4 Å². The third kappa shape index (κ3) is 3.77. The number of hydrogen-bond acceptors (Lipinski definition) is 3. The lowest BCUT2D eigenvalue weighted by Gasteiger charge is -2.19. The van der Waals surface area contributed by atoms with E-state index >= 15 is 0 Å². The van der Waals surface area contributed by atoms with E-state index in [4.69, 9.17) is 0 Å². The fourth-order valence-corrected chi connectivity index (χ4v) is 2.01. The molecular formula is C17H17NO3. The van der Waals surface area contributed by atoms with Crippen molar-refractivity contribution in [1.29, 1.82) is 0 Å². The second kappa shape index (κ2) is 6.81. The Balaban J connectivity index is 2.25. The molecule has 2 atom stereocenters. The first-order valence-electron chi connectivity index (χ1n) is 6.72. The predicted molar refractivity (Wildman–Crippen MR) is 79.8 cm³/mol. The van der Waals surface area contributed by atoms with E-state index in [0.717, 1.165) is 0 Å². The quantitative estimate of drug-likeness (QED) is 0.883. The monoisotopic (exact) mass is 283 g/mol. The fourth-order valence-electron chi connectivity index (χ4n) is 2.01. The van der Waals surface area contributed by atoms with Gasteiger partial charge in [-0.05, 0) is 24.6 Å². The van der Waals surface area contributed by atoms with Crippen LogP contribution in [0.1, 0.15) is 28.9 Å². The molecule has 0 aliphatic rings. The van der Waals surface area contributed by atoms with Crippen molar-refractivity contribution in [1.82, 2.24) is 5.32 Å². The van der Waals surface area contributed by atoms with Crippen LogP contribution in [-0.2, 0) is 4.79 Å². The molecule has 2 aromatic rings. The zero-order valence-corrected chi connectivity index (χ0v) is 11.7. The van der Waals surface area contributed by atoms with Crippen LogP contribution in [0.15, 0.2) is 60.7 Å². The van der Waals surface area contributed by atoms with Gasteiger partial charge in [0.1, 0.15) is 12.1 Å². The van der Waals surface area contributed by atoms with Gasteiger partial charge in [0, 0.05) is 5.56 Å². The summed E-state index contributed by atoms with van der Waals surface area (Å²) >= 11 is 0. The lowest BCUT2D eigenvalue weighted by molar-refractivity contribution is -0.128. The zero-order chi connectivity index (χ0) is 15.2. The highest BCUT2D eigenvalue weighted by Gasteiger charge is 2.26. The average Bonchev–Trinajstić information content (AvgIpc) is 2.53. The average molecular weight is 283 g/mol. The van der Waals surface area contributed by atoms with Gasteiger partial charge in [0.25, 0.3) is 5.91 Å². The molecule has 0 fully saturated rings. The summed E-state index contributed by atoms with van der Waals surface area (Å²) in [6.45, 7) is 1.40. The van der Waals surface area contributed by atoms with E-state index in [2.05, 4.69) is 5.32 Å². The molecule has 2 N–H and O–H groups in total. The molecule has 0 saturated heterocycles. The molecule has 2 unspecified atom stereocenters. The van der Waals surface area contributed by atoms with Crippen molar-refractivity contribution in [2.24, 2.45) is 0 Å². The second-order valence-corrected chi connectivity index (χ2v) is 4.76. The maximum atomic E-state index is 12.2. The van der Waals surface area contributed by atoms with Crippen LogP contribution in [0.4, 0.5) is 0 Å². The third-order valence-corrected chi connectivity index (χ3v) is 3.14. The van der Waals surface area contributed by atoms with Gasteiger partial charge in [-0.25, -0.2) is 0 Å². The molecule has 4 nitrogen and oxygen atoms in total. The smallest absolute Gasteiger partial charge is 0.252 e. The highest BCUT2D eigenvalue weighted by Crippen LogP contribution is 2.16. The molecule has 2 aromatic carbocycles. The first kappa shape index (κ1) is 14.9. The summed E-state index contributed by atoms with van der Waals surface area (Å²) < 4.78 is 0. The molecular weight excluding hydrogens is 266 g/mol. The summed E-state index contributed by atoms with van der Waals surface area (Å²) in [5, 5.41) is 12.2. The van der Waals surface area contributed by atoms with Crippen molar-refractivity contribution < 1.29 is 14.7 Å². The Bertz CT molecular complexity index is 608. The molecule has 1 amide bonds. The maximum Gasteiger partial charge on any atom is 0.252 e. The molecule has 0 aromatic heterocycles. The first-order valence-corrected chi connectivity index (χ1v) is 6.72. The molecule has 21 heavy (non-hydrogen) atoms. The summed E-state index contributed by atoms with van der Waals surface area (Å²) in [5.74, 6) is -0.788. The zero-order valence-electron chi connectivity index (χ0n) is 11.7. The largest absolute Gasteiger partial charge is 0.386 e. The van der Waals surface area contributed by atoms with Crippen LogP contribution in [0.5, 0.6) is 0 Å². The lowest BCUT2D eigenvalue weighted by atomic mass is 9.99. The van der Waals surface area contributed by atoms with Crippen molar-refractivity contribution >= 4 is 11.7 Å². The molecule has 108 valence electrons. The molecule has 0 heterocycles. The minimum atomic E-state index is -1.15. The van der Waals surface area contributed by atoms with E-state index in [1.807, 2.05) is 12.1 Å². The van der Waals surface area contributed by atoms with Crippen LogP contribution in [-0.4, -0.2) is 22.9 Å². The minimum Gasteiger partial charge on any atom is -0.386 e. The van der Waals surface area contributed by atoms with Crippen molar-refractivity contribution in [3.8, 4) is 0 Å². The lowest BCUT2D eigenvalue weighted by Crippen LogP contribution is -2.38. The van der Waals surface area contributed by atoms with Crippen molar-refractivity contribution in [3.05, 3.63) is 71.8 Å². The van der Waals surface area contributed by atoms with Crippen LogP contribution in [0.3, 0.4) is 0 Å².